The second-order valence-electron chi connectivity index (χ2n) is 5.29. The van der Waals surface area contributed by atoms with E-state index in [9.17, 15) is 0 Å². The van der Waals surface area contributed by atoms with E-state index in [0.29, 0.717) is 0 Å². The van der Waals surface area contributed by atoms with Crippen LogP contribution in [-0.2, 0) is 6.42 Å². The summed E-state index contributed by atoms with van der Waals surface area (Å²) < 4.78 is 0. The molecule has 0 radical (unpaired) electrons. The van der Waals surface area contributed by atoms with Crippen LogP contribution in [0.15, 0.2) is 66.7 Å². The van der Waals surface area contributed by atoms with Crippen LogP contribution in [0.5, 0.6) is 0 Å². The molecule has 0 bridgehead atoms. The van der Waals surface area contributed by atoms with Crippen molar-refractivity contribution in [3.05, 3.63) is 72.3 Å². The molecule has 0 aliphatic carbocycles. The fourth-order valence-electron chi connectivity index (χ4n) is 2.84. The molecule has 0 fully saturated rings. The summed E-state index contributed by atoms with van der Waals surface area (Å²) in [6.45, 7) is 2.25. The normalized spacial score (nSPS) is 9.86. The molecule has 0 saturated carbocycles. The van der Waals surface area contributed by atoms with Crippen LogP contribution in [-0.4, -0.2) is 0 Å². The van der Waals surface area contributed by atoms with E-state index < -0.39 is 0 Å². The third-order valence-corrected chi connectivity index (χ3v) is 3.88. The first-order valence-corrected chi connectivity index (χ1v) is 7.46. The van der Waals surface area contributed by atoms with E-state index in [-0.39, 0.29) is 14.9 Å². The molecule has 0 saturated heterocycles. The minimum Gasteiger partial charge on any atom is -0.0776 e. The standard InChI is InChI=1S/C20H20.2CH4/c1-2-3-9-18-15-14-16-10-7-8-13-19(16)20(18)17-11-5-4-6-12-17;;/h4-8,10-15H,2-3,9H2,1H3;2*1H4. The summed E-state index contributed by atoms with van der Waals surface area (Å²) >= 11 is 0. The summed E-state index contributed by atoms with van der Waals surface area (Å²) in [4.78, 5) is 0. The van der Waals surface area contributed by atoms with Crippen molar-refractivity contribution >= 4 is 10.8 Å². The van der Waals surface area contributed by atoms with Gasteiger partial charge in [0, 0.05) is 0 Å². The van der Waals surface area contributed by atoms with Gasteiger partial charge in [-0.15, -0.1) is 0 Å². The molecule has 0 aliphatic heterocycles. The Morgan fingerprint density at radius 1 is 0.727 bits per heavy atom. The van der Waals surface area contributed by atoms with Crippen molar-refractivity contribution in [2.75, 3.05) is 0 Å². The topological polar surface area (TPSA) is 0 Å². The Morgan fingerprint density at radius 3 is 2.14 bits per heavy atom. The molecule has 3 rings (SSSR count). The molecule has 0 aliphatic rings. The van der Waals surface area contributed by atoms with Crippen molar-refractivity contribution in [2.45, 2.75) is 41.0 Å². The Hall–Kier alpha value is -2.08. The fourth-order valence-corrected chi connectivity index (χ4v) is 2.84. The maximum Gasteiger partial charge on any atom is -0.00733 e. The first-order valence-electron chi connectivity index (χ1n) is 7.46. The molecular formula is C22H28. The maximum atomic E-state index is 2.31. The molecule has 0 heterocycles. The van der Waals surface area contributed by atoms with E-state index in [1.807, 2.05) is 0 Å². The monoisotopic (exact) mass is 292 g/mol. The summed E-state index contributed by atoms with van der Waals surface area (Å²) in [6, 6.07) is 24.0. The molecule has 3 aromatic carbocycles. The molecule has 0 aromatic heterocycles. The van der Waals surface area contributed by atoms with Crippen molar-refractivity contribution < 1.29 is 0 Å². The average Bonchev–Trinajstić information content (AvgIpc) is 2.53. The van der Waals surface area contributed by atoms with Crippen LogP contribution in [0.3, 0.4) is 0 Å². The number of aryl methyl sites for hydroxylation is 1. The summed E-state index contributed by atoms with van der Waals surface area (Å²) in [6.07, 6.45) is 3.64. The zero-order valence-electron chi connectivity index (χ0n) is 12.0. The van der Waals surface area contributed by atoms with Crippen LogP contribution in [0, 0.1) is 0 Å². The van der Waals surface area contributed by atoms with Crippen molar-refractivity contribution in [1.29, 1.82) is 0 Å². The van der Waals surface area contributed by atoms with E-state index in [0.717, 1.165) is 6.42 Å². The number of unbranched alkanes of at least 4 members (excludes halogenated alkanes) is 1. The molecule has 0 N–H and O–H groups in total. The van der Waals surface area contributed by atoms with Gasteiger partial charge in [0.2, 0.25) is 0 Å². The SMILES string of the molecule is C.C.CCCCc1ccc2ccccc2c1-c1ccccc1. The Bertz CT molecular complexity index is 696. The highest BCUT2D eigenvalue weighted by Crippen LogP contribution is 2.32. The maximum absolute atomic E-state index is 2.31. The Balaban J connectivity index is 0.00000121. The third-order valence-electron chi connectivity index (χ3n) is 3.88. The largest absolute Gasteiger partial charge is 0.0776 e. The van der Waals surface area contributed by atoms with Crippen molar-refractivity contribution in [2.24, 2.45) is 0 Å². The molecule has 0 nitrogen and oxygen atoms in total. The van der Waals surface area contributed by atoms with Crippen LogP contribution in [0.25, 0.3) is 21.9 Å². The van der Waals surface area contributed by atoms with Gasteiger partial charge >= 0.3 is 0 Å². The molecule has 116 valence electrons. The van der Waals surface area contributed by atoms with E-state index in [1.165, 1.54) is 40.3 Å². The molecule has 0 unspecified atom stereocenters. The zero-order valence-corrected chi connectivity index (χ0v) is 12.0. The Kier molecular flexibility index (Phi) is 6.85. The van der Waals surface area contributed by atoms with Gasteiger partial charge in [-0.25, -0.2) is 0 Å². The molecular weight excluding hydrogens is 264 g/mol. The molecule has 0 amide bonds. The first kappa shape index (κ1) is 18.0. The van der Waals surface area contributed by atoms with E-state index in [2.05, 4.69) is 73.7 Å². The van der Waals surface area contributed by atoms with Gasteiger partial charge in [-0.2, -0.15) is 0 Å². The number of hydrogen-bond acceptors (Lipinski definition) is 0. The van der Waals surface area contributed by atoms with Crippen molar-refractivity contribution in [1.82, 2.24) is 0 Å². The minimum atomic E-state index is 0. The van der Waals surface area contributed by atoms with E-state index in [1.54, 1.807) is 0 Å². The molecule has 3 aromatic rings. The molecule has 0 atom stereocenters. The van der Waals surface area contributed by atoms with Crippen molar-refractivity contribution in [3.63, 3.8) is 0 Å². The summed E-state index contributed by atoms with van der Waals surface area (Å²) in [5.74, 6) is 0. The molecule has 22 heavy (non-hydrogen) atoms. The lowest BCUT2D eigenvalue weighted by atomic mass is 9.91. The van der Waals surface area contributed by atoms with Crippen LogP contribution in [0.2, 0.25) is 0 Å². The second-order valence-corrected chi connectivity index (χ2v) is 5.29. The van der Waals surface area contributed by atoms with Gasteiger partial charge in [0.15, 0.2) is 0 Å². The summed E-state index contributed by atoms with van der Waals surface area (Å²) in [7, 11) is 0. The van der Waals surface area contributed by atoms with Gasteiger partial charge in [0.05, 0.1) is 0 Å². The van der Waals surface area contributed by atoms with Gasteiger partial charge in [-0.1, -0.05) is 94.9 Å². The minimum absolute atomic E-state index is 0. The number of hydrogen-bond donors (Lipinski definition) is 0. The second kappa shape index (κ2) is 8.38. The van der Waals surface area contributed by atoms with Gasteiger partial charge in [0.25, 0.3) is 0 Å². The summed E-state index contributed by atoms with van der Waals surface area (Å²) in [5, 5.41) is 2.69. The number of fused-ring (bicyclic) bond motifs is 1. The lowest BCUT2D eigenvalue weighted by molar-refractivity contribution is 0.797. The zero-order chi connectivity index (χ0) is 13.8. The van der Waals surface area contributed by atoms with Crippen LogP contribution < -0.4 is 0 Å². The van der Waals surface area contributed by atoms with Crippen LogP contribution in [0.1, 0.15) is 40.2 Å². The van der Waals surface area contributed by atoms with Gasteiger partial charge in [-0.05, 0) is 40.3 Å². The predicted molar refractivity (Wildman–Crippen MR) is 101 cm³/mol. The van der Waals surface area contributed by atoms with Gasteiger partial charge < -0.3 is 0 Å². The van der Waals surface area contributed by atoms with E-state index >= 15 is 0 Å². The number of rotatable bonds is 4. The highest BCUT2D eigenvalue weighted by Gasteiger charge is 2.09. The average molecular weight is 292 g/mol. The highest BCUT2D eigenvalue weighted by atomic mass is 14.1. The van der Waals surface area contributed by atoms with Crippen molar-refractivity contribution in [3.8, 4) is 11.1 Å². The Labute approximate surface area is 135 Å². The van der Waals surface area contributed by atoms with Gasteiger partial charge in [0.1, 0.15) is 0 Å². The number of benzene rings is 3. The quantitative estimate of drug-likeness (QED) is 0.480. The smallest absolute Gasteiger partial charge is 0.00733 e. The molecule has 0 heteroatoms. The van der Waals surface area contributed by atoms with Crippen LogP contribution >= 0.6 is 0 Å². The summed E-state index contributed by atoms with van der Waals surface area (Å²) in [5.41, 5.74) is 4.21. The molecule has 0 spiro atoms. The van der Waals surface area contributed by atoms with Gasteiger partial charge in [-0.3, -0.25) is 0 Å². The van der Waals surface area contributed by atoms with Crippen LogP contribution in [0.4, 0.5) is 0 Å². The lowest BCUT2D eigenvalue weighted by Gasteiger charge is -2.13. The Morgan fingerprint density at radius 2 is 1.41 bits per heavy atom. The fraction of sp³-hybridized carbons (Fsp3) is 0.273. The predicted octanol–water partition coefficient (Wildman–Crippen LogP) is 7.12. The third kappa shape index (κ3) is 3.57. The van der Waals surface area contributed by atoms with E-state index in [4.69, 9.17) is 0 Å². The highest BCUT2D eigenvalue weighted by molar-refractivity contribution is 5.98. The lowest BCUT2D eigenvalue weighted by Crippen LogP contribution is -1.92. The first-order chi connectivity index (χ1) is 9.90.